The number of aromatic nitrogens is 2. The van der Waals surface area contributed by atoms with Gasteiger partial charge in [-0.1, -0.05) is 17.8 Å². The Labute approximate surface area is 129 Å². The molecule has 0 bridgehead atoms. The number of aliphatic hydroxyl groups excluding tert-OH is 1. The molecular formula is C16H23N3OS. The summed E-state index contributed by atoms with van der Waals surface area (Å²) in [6, 6.07) is 6.87. The molecule has 1 atom stereocenters. The topological polar surface area (TPSA) is 60.9 Å². The first-order valence-electron chi connectivity index (χ1n) is 7.56. The van der Waals surface area contributed by atoms with E-state index in [-0.39, 0.29) is 12.1 Å². The number of fused-ring (bicyclic) bond motifs is 1. The van der Waals surface area contributed by atoms with Crippen LogP contribution >= 0.6 is 11.8 Å². The van der Waals surface area contributed by atoms with E-state index >= 15 is 0 Å². The molecule has 1 heterocycles. The maximum atomic E-state index is 9.61. The number of rotatable bonds is 7. The minimum absolute atomic E-state index is 0.170. The number of nitrogens with one attached hydrogen (secondary N) is 2. The van der Waals surface area contributed by atoms with Crippen molar-refractivity contribution in [3.63, 3.8) is 0 Å². The Morgan fingerprint density at radius 3 is 3.00 bits per heavy atom. The fourth-order valence-corrected chi connectivity index (χ4v) is 3.55. The second-order valence-electron chi connectivity index (χ2n) is 6.30. The summed E-state index contributed by atoms with van der Waals surface area (Å²) in [4.78, 5) is 7.96. The van der Waals surface area contributed by atoms with E-state index in [0.29, 0.717) is 6.04 Å². The number of H-pyrrole nitrogens is 1. The van der Waals surface area contributed by atoms with Gasteiger partial charge in [-0.2, -0.15) is 0 Å². The summed E-state index contributed by atoms with van der Waals surface area (Å²) in [5.74, 6) is 0.940. The number of nitrogens with zero attached hydrogens (tertiary/aromatic N) is 1. The molecule has 2 aromatic rings. The second kappa shape index (κ2) is 5.99. The van der Waals surface area contributed by atoms with Crippen molar-refractivity contribution in [2.45, 2.75) is 49.8 Å². The quantitative estimate of drug-likeness (QED) is 0.688. The van der Waals surface area contributed by atoms with Crippen molar-refractivity contribution in [3.8, 4) is 0 Å². The zero-order valence-electron chi connectivity index (χ0n) is 12.6. The summed E-state index contributed by atoms with van der Waals surface area (Å²) in [5.41, 5.74) is 3.18. The molecule has 0 aliphatic heterocycles. The number of imidazole rings is 1. The van der Waals surface area contributed by atoms with E-state index in [4.69, 9.17) is 0 Å². The largest absolute Gasteiger partial charge is 0.394 e. The summed E-state index contributed by atoms with van der Waals surface area (Å²) >= 11 is 1.72. The van der Waals surface area contributed by atoms with Gasteiger partial charge in [0.1, 0.15) is 0 Å². The standard InChI is InChI=1S/C16H23N3OS/c1-11-3-6-13-14(9-11)18-15(17-13)21-8-7-16(2,10-20)19-12-4-5-12/h3,6,9,12,19-20H,4-5,7-8,10H2,1-2H3,(H,17,18). The lowest BCUT2D eigenvalue weighted by Crippen LogP contribution is -2.47. The lowest BCUT2D eigenvalue weighted by atomic mass is 10.0. The van der Waals surface area contributed by atoms with E-state index in [0.717, 1.165) is 28.4 Å². The lowest BCUT2D eigenvalue weighted by molar-refractivity contribution is 0.169. The van der Waals surface area contributed by atoms with E-state index in [1.807, 2.05) is 0 Å². The maximum absolute atomic E-state index is 9.61. The number of benzene rings is 1. The van der Waals surface area contributed by atoms with Gasteiger partial charge in [0.05, 0.1) is 17.6 Å². The molecule has 114 valence electrons. The number of aryl methyl sites for hydroxylation is 1. The van der Waals surface area contributed by atoms with E-state index in [1.54, 1.807) is 11.8 Å². The molecule has 0 saturated heterocycles. The van der Waals surface area contributed by atoms with Crippen LogP contribution in [0.2, 0.25) is 0 Å². The Balaban J connectivity index is 1.57. The molecule has 1 unspecified atom stereocenters. The third-order valence-electron chi connectivity index (χ3n) is 3.99. The smallest absolute Gasteiger partial charge is 0.166 e. The highest BCUT2D eigenvalue weighted by Gasteiger charge is 2.31. The SMILES string of the molecule is Cc1ccc2nc(SCCC(C)(CO)NC3CC3)[nH]c2c1. The van der Waals surface area contributed by atoms with Gasteiger partial charge in [0.15, 0.2) is 5.16 Å². The molecule has 1 fully saturated rings. The molecule has 4 nitrogen and oxygen atoms in total. The highest BCUT2D eigenvalue weighted by atomic mass is 32.2. The van der Waals surface area contributed by atoms with Gasteiger partial charge in [0, 0.05) is 17.3 Å². The van der Waals surface area contributed by atoms with E-state index in [2.05, 4.69) is 47.3 Å². The number of hydrogen-bond donors (Lipinski definition) is 3. The van der Waals surface area contributed by atoms with Crippen LogP contribution in [-0.4, -0.2) is 39.0 Å². The van der Waals surface area contributed by atoms with Crippen molar-refractivity contribution in [2.24, 2.45) is 0 Å². The zero-order chi connectivity index (χ0) is 14.9. The van der Waals surface area contributed by atoms with Gasteiger partial charge in [0.25, 0.3) is 0 Å². The van der Waals surface area contributed by atoms with E-state index in [1.165, 1.54) is 18.4 Å². The van der Waals surface area contributed by atoms with Crippen molar-refractivity contribution in [1.29, 1.82) is 0 Å². The summed E-state index contributed by atoms with van der Waals surface area (Å²) in [7, 11) is 0. The average molecular weight is 305 g/mol. The van der Waals surface area contributed by atoms with Gasteiger partial charge >= 0.3 is 0 Å². The molecule has 3 N–H and O–H groups in total. The summed E-state index contributed by atoms with van der Waals surface area (Å²) in [5, 5.41) is 14.1. The van der Waals surface area contributed by atoms with Gasteiger partial charge < -0.3 is 15.4 Å². The first-order chi connectivity index (χ1) is 10.1. The Morgan fingerprint density at radius 2 is 2.29 bits per heavy atom. The van der Waals surface area contributed by atoms with E-state index < -0.39 is 0 Å². The Hall–Kier alpha value is -1.04. The van der Waals surface area contributed by atoms with Crippen molar-refractivity contribution in [1.82, 2.24) is 15.3 Å². The monoisotopic (exact) mass is 305 g/mol. The van der Waals surface area contributed by atoms with Crippen molar-refractivity contribution in [3.05, 3.63) is 23.8 Å². The third-order valence-corrected chi connectivity index (χ3v) is 4.86. The number of aliphatic hydroxyl groups is 1. The van der Waals surface area contributed by atoms with Gasteiger partial charge in [-0.25, -0.2) is 4.98 Å². The van der Waals surface area contributed by atoms with Crippen LogP contribution in [0.15, 0.2) is 23.4 Å². The molecular weight excluding hydrogens is 282 g/mol. The van der Waals surface area contributed by atoms with Crippen LogP contribution in [0.25, 0.3) is 11.0 Å². The first-order valence-corrected chi connectivity index (χ1v) is 8.54. The minimum atomic E-state index is -0.170. The predicted octanol–water partition coefficient (Wildman–Crippen LogP) is 2.86. The first kappa shape index (κ1) is 14.9. The highest BCUT2D eigenvalue weighted by Crippen LogP contribution is 2.26. The molecule has 21 heavy (non-hydrogen) atoms. The molecule has 3 rings (SSSR count). The zero-order valence-corrected chi connectivity index (χ0v) is 13.5. The molecule has 0 spiro atoms. The van der Waals surface area contributed by atoms with Crippen LogP contribution in [0, 0.1) is 6.92 Å². The van der Waals surface area contributed by atoms with Crippen LogP contribution in [-0.2, 0) is 0 Å². The van der Waals surface area contributed by atoms with Crippen LogP contribution in [0.4, 0.5) is 0 Å². The van der Waals surface area contributed by atoms with Crippen molar-refractivity contribution in [2.75, 3.05) is 12.4 Å². The summed E-state index contributed by atoms with van der Waals surface area (Å²) in [6.45, 7) is 4.38. The molecule has 5 heteroatoms. The summed E-state index contributed by atoms with van der Waals surface area (Å²) < 4.78 is 0. The number of thioether (sulfide) groups is 1. The maximum Gasteiger partial charge on any atom is 0.166 e. The molecule has 1 aromatic heterocycles. The molecule has 0 amide bonds. The van der Waals surface area contributed by atoms with Gasteiger partial charge in [0.2, 0.25) is 0 Å². The van der Waals surface area contributed by atoms with Crippen LogP contribution in [0.5, 0.6) is 0 Å². The number of aromatic amines is 1. The third kappa shape index (κ3) is 3.78. The molecule has 1 aliphatic carbocycles. The van der Waals surface area contributed by atoms with Crippen molar-refractivity contribution >= 4 is 22.8 Å². The Kier molecular flexibility index (Phi) is 4.24. The fourth-order valence-electron chi connectivity index (χ4n) is 2.46. The van der Waals surface area contributed by atoms with E-state index in [9.17, 15) is 5.11 Å². The van der Waals surface area contributed by atoms with Crippen LogP contribution in [0.3, 0.4) is 0 Å². The van der Waals surface area contributed by atoms with Gasteiger partial charge in [-0.3, -0.25) is 0 Å². The fraction of sp³-hybridized carbons (Fsp3) is 0.562. The Bertz CT molecular complexity index is 623. The molecule has 1 aliphatic rings. The normalized spacial score (nSPS) is 18.0. The van der Waals surface area contributed by atoms with Gasteiger partial charge in [-0.05, 0) is 50.8 Å². The molecule has 0 radical (unpaired) electrons. The Morgan fingerprint density at radius 1 is 1.48 bits per heavy atom. The molecule has 1 saturated carbocycles. The minimum Gasteiger partial charge on any atom is -0.394 e. The average Bonchev–Trinajstić information content (AvgIpc) is 3.16. The van der Waals surface area contributed by atoms with Crippen LogP contribution in [0.1, 0.15) is 31.7 Å². The van der Waals surface area contributed by atoms with Crippen molar-refractivity contribution < 1.29 is 5.11 Å². The highest BCUT2D eigenvalue weighted by molar-refractivity contribution is 7.99. The van der Waals surface area contributed by atoms with Crippen LogP contribution < -0.4 is 5.32 Å². The number of hydrogen-bond acceptors (Lipinski definition) is 4. The van der Waals surface area contributed by atoms with Gasteiger partial charge in [-0.15, -0.1) is 0 Å². The summed E-state index contributed by atoms with van der Waals surface area (Å²) in [6.07, 6.45) is 3.41. The lowest BCUT2D eigenvalue weighted by Gasteiger charge is -2.28. The predicted molar refractivity (Wildman–Crippen MR) is 87.8 cm³/mol. The second-order valence-corrected chi connectivity index (χ2v) is 7.38. The molecule has 1 aromatic carbocycles.